The van der Waals surface area contributed by atoms with Crippen molar-refractivity contribution in [3.63, 3.8) is 0 Å². The lowest BCUT2D eigenvalue weighted by Crippen LogP contribution is -2.32. The molecule has 1 aliphatic heterocycles. The van der Waals surface area contributed by atoms with Crippen LogP contribution in [0.1, 0.15) is 17.2 Å². The molecule has 122 valence electrons. The molecule has 1 fully saturated rings. The van der Waals surface area contributed by atoms with Gasteiger partial charge in [-0.25, -0.2) is 14.1 Å². The summed E-state index contributed by atoms with van der Waals surface area (Å²) in [5.41, 5.74) is 1.27. The van der Waals surface area contributed by atoms with E-state index < -0.39 is 23.9 Å². The number of ether oxygens (including phenoxy) is 1. The number of benzene rings is 2. The first-order valence-electron chi connectivity index (χ1n) is 7.24. The summed E-state index contributed by atoms with van der Waals surface area (Å²) in [5, 5.41) is 0.00531. The molecule has 1 heterocycles. The van der Waals surface area contributed by atoms with Gasteiger partial charge in [0.1, 0.15) is 18.5 Å². The Morgan fingerprint density at radius 3 is 2.71 bits per heavy atom. The minimum Gasteiger partial charge on any atom is -0.446 e. The number of carbonyl (C=O) groups excluding carboxylic acids is 2. The van der Waals surface area contributed by atoms with Crippen LogP contribution < -0.4 is 0 Å². The van der Waals surface area contributed by atoms with Crippen LogP contribution in [0.5, 0.6) is 0 Å². The number of halogens is 2. The molecule has 0 N–H and O–H groups in total. The smallest absolute Gasteiger partial charge is 0.417 e. The Labute approximate surface area is 143 Å². The SMILES string of the molecule is O=C(C=Cc1ccc(Cl)c(F)c1)N1C(=O)OCC1c1ccccc1. The fourth-order valence-electron chi connectivity index (χ4n) is 2.45. The Morgan fingerprint density at radius 1 is 1.25 bits per heavy atom. The van der Waals surface area contributed by atoms with Gasteiger partial charge in [-0.15, -0.1) is 0 Å². The normalized spacial score (nSPS) is 17.3. The van der Waals surface area contributed by atoms with Gasteiger partial charge < -0.3 is 4.74 Å². The molecule has 2 aromatic rings. The van der Waals surface area contributed by atoms with Crippen molar-refractivity contribution in [2.24, 2.45) is 0 Å². The largest absolute Gasteiger partial charge is 0.446 e. The number of carbonyl (C=O) groups is 2. The zero-order valence-corrected chi connectivity index (χ0v) is 13.2. The number of amides is 2. The van der Waals surface area contributed by atoms with Crippen LogP contribution in [0.15, 0.2) is 54.6 Å². The van der Waals surface area contributed by atoms with Crippen LogP contribution >= 0.6 is 11.6 Å². The second-order valence-electron chi connectivity index (χ2n) is 5.22. The zero-order chi connectivity index (χ0) is 17.1. The van der Waals surface area contributed by atoms with Gasteiger partial charge in [0, 0.05) is 6.08 Å². The van der Waals surface area contributed by atoms with Crippen molar-refractivity contribution in [2.75, 3.05) is 6.61 Å². The fourth-order valence-corrected chi connectivity index (χ4v) is 2.57. The summed E-state index contributed by atoms with van der Waals surface area (Å²) in [7, 11) is 0. The van der Waals surface area contributed by atoms with E-state index in [0.717, 1.165) is 10.5 Å². The van der Waals surface area contributed by atoms with Crippen LogP contribution in [0, 0.1) is 5.82 Å². The molecule has 3 rings (SSSR count). The summed E-state index contributed by atoms with van der Waals surface area (Å²) in [6.45, 7) is 0.109. The van der Waals surface area contributed by atoms with E-state index in [9.17, 15) is 14.0 Å². The van der Waals surface area contributed by atoms with Crippen LogP contribution in [0.4, 0.5) is 9.18 Å². The van der Waals surface area contributed by atoms with Gasteiger partial charge in [0.05, 0.1) is 5.02 Å². The fraction of sp³-hybridized carbons (Fsp3) is 0.111. The number of imide groups is 1. The van der Waals surface area contributed by atoms with Gasteiger partial charge in [-0.3, -0.25) is 4.79 Å². The molecule has 1 saturated heterocycles. The Hall–Kier alpha value is -2.66. The molecule has 1 atom stereocenters. The van der Waals surface area contributed by atoms with Gasteiger partial charge in [-0.05, 0) is 29.3 Å². The Kier molecular flexibility index (Phi) is 4.62. The van der Waals surface area contributed by atoms with Gasteiger partial charge in [-0.1, -0.05) is 48.0 Å². The predicted octanol–water partition coefficient (Wildman–Crippen LogP) is 4.21. The summed E-state index contributed by atoms with van der Waals surface area (Å²) in [4.78, 5) is 25.3. The molecule has 0 saturated carbocycles. The highest BCUT2D eigenvalue weighted by molar-refractivity contribution is 6.30. The van der Waals surface area contributed by atoms with Gasteiger partial charge in [0.25, 0.3) is 5.91 Å². The second-order valence-corrected chi connectivity index (χ2v) is 5.63. The van der Waals surface area contributed by atoms with Crippen LogP contribution in [0.25, 0.3) is 6.08 Å². The third-order valence-corrected chi connectivity index (χ3v) is 3.96. The molecule has 24 heavy (non-hydrogen) atoms. The Balaban J connectivity index is 1.80. The minimum atomic E-state index is -0.694. The lowest BCUT2D eigenvalue weighted by Gasteiger charge is -2.18. The van der Waals surface area contributed by atoms with Crippen molar-refractivity contribution in [3.8, 4) is 0 Å². The molecule has 4 nitrogen and oxygen atoms in total. The number of hydrogen-bond donors (Lipinski definition) is 0. The first-order valence-corrected chi connectivity index (χ1v) is 7.62. The maximum atomic E-state index is 13.4. The molecule has 1 unspecified atom stereocenters. The van der Waals surface area contributed by atoms with Gasteiger partial charge in [0.15, 0.2) is 0 Å². The molecule has 2 aromatic carbocycles. The Bertz CT molecular complexity index is 807. The van der Waals surface area contributed by atoms with E-state index in [1.165, 1.54) is 24.3 Å². The van der Waals surface area contributed by atoms with E-state index in [2.05, 4.69) is 0 Å². The van der Waals surface area contributed by atoms with Crippen molar-refractivity contribution in [1.29, 1.82) is 0 Å². The first kappa shape index (κ1) is 16.2. The maximum Gasteiger partial charge on any atom is 0.417 e. The second kappa shape index (κ2) is 6.84. The molecular formula is C18H13ClFNO3. The number of rotatable bonds is 3. The van der Waals surface area contributed by atoms with Crippen molar-refractivity contribution in [3.05, 3.63) is 76.6 Å². The number of cyclic esters (lactones) is 1. The van der Waals surface area contributed by atoms with Crippen LogP contribution in [0.3, 0.4) is 0 Å². The monoisotopic (exact) mass is 345 g/mol. The topological polar surface area (TPSA) is 46.6 Å². The molecule has 0 spiro atoms. The van der Waals surface area contributed by atoms with E-state index in [1.54, 1.807) is 6.07 Å². The highest BCUT2D eigenvalue weighted by Crippen LogP contribution is 2.28. The molecule has 0 bridgehead atoms. The minimum absolute atomic E-state index is 0.00531. The third kappa shape index (κ3) is 3.31. The quantitative estimate of drug-likeness (QED) is 0.783. The van der Waals surface area contributed by atoms with Crippen molar-refractivity contribution < 1.29 is 18.7 Å². The number of nitrogens with zero attached hydrogens (tertiary/aromatic N) is 1. The molecule has 6 heteroatoms. The molecule has 0 aliphatic carbocycles. The first-order chi connectivity index (χ1) is 11.6. The summed E-state index contributed by atoms with van der Waals surface area (Å²) < 4.78 is 18.4. The van der Waals surface area contributed by atoms with E-state index in [4.69, 9.17) is 16.3 Å². The molecule has 1 aliphatic rings. The van der Waals surface area contributed by atoms with E-state index in [1.807, 2.05) is 30.3 Å². The van der Waals surface area contributed by atoms with E-state index >= 15 is 0 Å². The van der Waals surface area contributed by atoms with Gasteiger partial charge >= 0.3 is 6.09 Å². The predicted molar refractivity (Wildman–Crippen MR) is 87.8 cm³/mol. The maximum absolute atomic E-state index is 13.4. The molecule has 0 aromatic heterocycles. The standard InChI is InChI=1S/C18H13ClFNO3/c19-14-8-6-12(10-15(14)20)7-9-17(22)21-16(11-24-18(21)23)13-4-2-1-3-5-13/h1-10,16H,11H2. The third-order valence-electron chi connectivity index (χ3n) is 3.66. The van der Waals surface area contributed by atoms with Crippen molar-refractivity contribution in [2.45, 2.75) is 6.04 Å². The summed E-state index contributed by atoms with van der Waals surface area (Å²) in [5.74, 6) is -1.10. The highest BCUT2D eigenvalue weighted by Gasteiger charge is 2.37. The van der Waals surface area contributed by atoms with E-state index in [-0.39, 0.29) is 11.6 Å². The average Bonchev–Trinajstić information content (AvgIpc) is 2.98. The molecular weight excluding hydrogens is 333 g/mol. The van der Waals surface area contributed by atoms with Gasteiger partial charge in [-0.2, -0.15) is 0 Å². The molecule has 0 radical (unpaired) electrons. The zero-order valence-electron chi connectivity index (χ0n) is 12.5. The van der Waals surface area contributed by atoms with Gasteiger partial charge in [0.2, 0.25) is 0 Å². The van der Waals surface area contributed by atoms with E-state index in [0.29, 0.717) is 5.56 Å². The van der Waals surface area contributed by atoms with Crippen LogP contribution in [-0.2, 0) is 9.53 Å². The highest BCUT2D eigenvalue weighted by atomic mass is 35.5. The number of hydrogen-bond acceptors (Lipinski definition) is 3. The summed E-state index contributed by atoms with van der Waals surface area (Å²) >= 11 is 5.62. The molecule has 2 amide bonds. The lowest BCUT2D eigenvalue weighted by molar-refractivity contribution is -0.124. The van der Waals surface area contributed by atoms with Crippen molar-refractivity contribution in [1.82, 2.24) is 4.90 Å². The Morgan fingerprint density at radius 2 is 2.00 bits per heavy atom. The lowest BCUT2D eigenvalue weighted by atomic mass is 10.1. The van der Waals surface area contributed by atoms with Crippen LogP contribution in [-0.4, -0.2) is 23.5 Å². The summed E-state index contributed by atoms with van der Waals surface area (Å²) in [6.07, 6.45) is 1.95. The average molecular weight is 346 g/mol. The van der Waals surface area contributed by atoms with Crippen LogP contribution in [0.2, 0.25) is 5.02 Å². The summed E-state index contributed by atoms with van der Waals surface area (Å²) in [6, 6.07) is 12.9. The van der Waals surface area contributed by atoms with Crippen molar-refractivity contribution >= 4 is 29.7 Å².